The highest BCUT2D eigenvalue weighted by Gasteiger charge is 2.23. The number of aryl methyl sites for hydroxylation is 1. The second-order valence-corrected chi connectivity index (χ2v) is 8.49. The molecule has 11 nitrogen and oxygen atoms in total. The van der Waals surface area contributed by atoms with E-state index in [-0.39, 0.29) is 23.7 Å². The van der Waals surface area contributed by atoms with Gasteiger partial charge in [-0.1, -0.05) is 29.3 Å². The standard InChI is InChI=1S/C24H25BrN4O7/c1-4-6-7-21-27-18-9-8-16(25)12-17(18)24(31)28(21)26-13-15-10-19(29(32)33)23(20(11-15)35-5-2)36-14-22(30)34-3/h8-13H,4-7,14H2,1-3H3. The molecule has 12 heteroatoms. The molecular formula is C24H25BrN4O7. The maximum Gasteiger partial charge on any atom is 0.343 e. The van der Waals surface area contributed by atoms with Crippen LogP contribution in [0.5, 0.6) is 11.5 Å². The van der Waals surface area contributed by atoms with Crippen molar-refractivity contribution < 1.29 is 23.9 Å². The minimum atomic E-state index is -0.702. The highest BCUT2D eigenvalue weighted by atomic mass is 79.9. The van der Waals surface area contributed by atoms with Crippen molar-refractivity contribution in [2.75, 3.05) is 20.3 Å². The zero-order chi connectivity index (χ0) is 26.2. The SMILES string of the molecule is CCCCc1nc2ccc(Br)cc2c(=O)n1N=Cc1cc(OCC)c(OCC(=O)OC)c([N+](=O)[O-])c1. The Balaban J connectivity index is 2.11. The monoisotopic (exact) mass is 560 g/mol. The fourth-order valence-electron chi connectivity index (χ4n) is 3.35. The van der Waals surface area contributed by atoms with E-state index in [4.69, 9.17) is 9.47 Å². The summed E-state index contributed by atoms with van der Waals surface area (Å²) in [5, 5.41) is 16.5. The Hall–Kier alpha value is -3.80. The number of unbranched alkanes of at least 4 members (excludes halogenated alkanes) is 1. The molecular weight excluding hydrogens is 536 g/mol. The zero-order valence-corrected chi connectivity index (χ0v) is 21.6. The molecule has 3 rings (SSSR count). The zero-order valence-electron chi connectivity index (χ0n) is 20.0. The van der Waals surface area contributed by atoms with Gasteiger partial charge < -0.3 is 14.2 Å². The van der Waals surface area contributed by atoms with Gasteiger partial charge in [0.15, 0.2) is 12.4 Å². The number of rotatable bonds is 11. The van der Waals surface area contributed by atoms with Gasteiger partial charge in [-0.15, -0.1) is 0 Å². The number of nitrogens with zero attached hydrogens (tertiary/aromatic N) is 4. The number of hydrogen-bond acceptors (Lipinski definition) is 9. The first-order valence-electron chi connectivity index (χ1n) is 11.2. The van der Waals surface area contributed by atoms with Crippen LogP contribution in [-0.2, 0) is 16.0 Å². The molecule has 0 fully saturated rings. The van der Waals surface area contributed by atoms with E-state index < -0.39 is 23.2 Å². The smallest absolute Gasteiger partial charge is 0.343 e. The molecule has 3 aromatic rings. The molecule has 0 aliphatic heterocycles. The summed E-state index contributed by atoms with van der Waals surface area (Å²) in [4.78, 5) is 40.5. The lowest BCUT2D eigenvalue weighted by Crippen LogP contribution is -2.22. The van der Waals surface area contributed by atoms with Crippen LogP contribution in [0.1, 0.15) is 38.1 Å². The summed E-state index contributed by atoms with van der Waals surface area (Å²) in [5.41, 5.74) is 0.0621. The van der Waals surface area contributed by atoms with Gasteiger partial charge in [-0.3, -0.25) is 14.9 Å². The highest BCUT2D eigenvalue weighted by molar-refractivity contribution is 9.10. The predicted octanol–water partition coefficient (Wildman–Crippen LogP) is 4.24. The summed E-state index contributed by atoms with van der Waals surface area (Å²) in [6.07, 6.45) is 3.55. The van der Waals surface area contributed by atoms with Gasteiger partial charge in [0.05, 0.1) is 35.8 Å². The average molecular weight is 561 g/mol. The second-order valence-electron chi connectivity index (χ2n) is 7.58. The van der Waals surface area contributed by atoms with E-state index in [0.717, 1.165) is 17.3 Å². The summed E-state index contributed by atoms with van der Waals surface area (Å²) >= 11 is 3.37. The maximum absolute atomic E-state index is 13.3. The van der Waals surface area contributed by atoms with Crippen molar-refractivity contribution in [2.24, 2.45) is 5.10 Å². The van der Waals surface area contributed by atoms with E-state index in [1.807, 2.05) is 13.0 Å². The quantitative estimate of drug-likeness (QED) is 0.147. The first-order valence-corrected chi connectivity index (χ1v) is 12.0. The van der Waals surface area contributed by atoms with Crippen molar-refractivity contribution in [3.63, 3.8) is 0 Å². The van der Waals surface area contributed by atoms with Crippen LogP contribution in [0.15, 0.2) is 44.7 Å². The number of halogens is 1. The van der Waals surface area contributed by atoms with Crippen LogP contribution in [0.4, 0.5) is 5.69 Å². The van der Waals surface area contributed by atoms with Gasteiger partial charge in [0, 0.05) is 22.5 Å². The van der Waals surface area contributed by atoms with Crippen LogP contribution in [-0.4, -0.2) is 47.1 Å². The Bertz CT molecular complexity index is 1370. The minimum Gasteiger partial charge on any atom is -0.490 e. The van der Waals surface area contributed by atoms with Crippen LogP contribution < -0.4 is 15.0 Å². The molecule has 1 aromatic heterocycles. The van der Waals surface area contributed by atoms with E-state index >= 15 is 0 Å². The van der Waals surface area contributed by atoms with Gasteiger partial charge in [0.1, 0.15) is 5.82 Å². The number of methoxy groups -OCH3 is 1. The van der Waals surface area contributed by atoms with Gasteiger partial charge in [0.2, 0.25) is 5.75 Å². The molecule has 0 bridgehead atoms. The van der Waals surface area contributed by atoms with E-state index in [1.54, 1.807) is 19.1 Å². The number of benzene rings is 2. The van der Waals surface area contributed by atoms with Crippen LogP contribution in [0.3, 0.4) is 0 Å². The molecule has 0 saturated carbocycles. The molecule has 0 amide bonds. The van der Waals surface area contributed by atoms with Crippen molar-refractivity contribution in [3.8, 4) is 11.5 Å². The van der Waals surface area contributed by atoms with Crippen molar-refractivity contribution in [3.05, 3.63) is 66.7 Å². The Kier molecular flexibility index (Phi) is 9.12. The number of esters is 1. The van der Waals surface area contributed by atoms with E-state index in [2.05, 4.69) is 30.8 Å². The third-order valence-corrected chi connectivity index (χ3v) is 5.56. The Morgan fingerprint density at radius 3 is 2.69 bits per heavy atom. The van der Waals surface area contributed by atoms with E-state index in [1.165, 1.54) is 30.1 Å². The normalized spacial score (nSPS) is 11.1. The summed E-state index contributed by atoms with van der Waals surface area (Å²) in [5.74, 6) is -0.379. The fraction of sp³-hybridized carbons (Fsp3) is 0.333. The Morgan fingerprint density at radius 1 is 1.25 bits per heavy atom. The first-order chi connectivity index (χ1) is 17.3. The fourth-order valence-corrected chi connectivity index (χ4v) is 3.71. The summed E-state index contributed by atoms with van der Waals surface area (Å²) in [6, 6.07) is 7.94. The van der Waals surface area contributed by atoms with E-state index in [0.29, 0.717) is 28.7 Å². The van der Waals surface area contributed by atoms with Crippen LogP contribution in [0.2, 0.25) is 0 Å². The number of fused-ring (bicyclic) bond motifs is 1. The molecule has 0 spiro atoms. The summed E-state index contributed by atoms with van der Waals surface area (Å²) in [6.45, 7) is 3.40. The first kappa shape index (κ1) is 26.8. The number of aromatic nitrogens is 2. The molecule has 1 heterocycles. The molecule has 36 heavy (non-hydrogen) atoms. The van der Waals surface area contributed by atoms with Gasteiger partial charge in [0.25, 0.3) is 5.56 Å². The second kappa shape index (κ2) is 12.2. The largest absolute Gasteiger partial charge is 0.490 e. The number of nitro benzene ring substituents is 1. The molecule has 0 N–H and O–H groups in total. The topological polar surface area (TPSA) is 135 Å². The highest BCUT2D eigenvalue weighted by Crippen LogP contribution is 2.38. The van der Waals surface area contributed by atoms with Crippen molar-refractivity contribution >= 4 is 44.7 Å². The van der Waals surface area contributed by atoms with E-state index in [9.17, 15) is 19.7 Å². The number of carbonyl (C=O) groups excluding carboxylic acids is 1. The molecule has 0 atom stereocenters. The van der Waals surface area contributed by atoms with Gasteiger partial charge in [-0.2, -0.15) is 9.78 Å². The lowest BCUT2D eigenvalue weighted by molar-refractivity contribution is -0.385. The molecule has 190 valence electrons. The lowest BCUT2D eigenvalue weighted by atomic mass is 10.2. The third kappa shape index (κ3) is 6.25. The maximum atomic E-state index is 13.3. The van der Waals surface area contributed by atoms with Crippen molar-refractivity contribution in [1.82, 2.24) is 9.66 Å². The molecule has 0 unspecified atom stereocenters. The minimum absolute atomic E-state index is 0.0520. The number of nitro groups is 1. The van der Waals surface area contributed by atoms with Crippen molar-refractivity contribution in [2.45, 2.75) is 33.1 Å². The number of carbonyl (C=O) groups is 1. The van der Waals surface area contributed by atoms with Crippen molar-refractivity contribution in [1.29, 1.82) is 0 Å². The summed E-state index contributed by atoms with van der Waals surface area (Å²) < 4.78 is 17.3. The molecule has 0 aliphatic rings. The predicted molar refractivity (Wildman–Crippen MR) is 137 cm³/mol. The molecule has 0 aliphatic carbocycles. The van der Waals surface area contributed by atoms with Gasteiger partial charge in [-0.05, 0) is 37.6 Å². The average Bonchev–Trinajstić information content (AvgIpc) is 2.86. The third-order valence-electron chi connectivity index (χ3n) is 5.07. The molecule has 0 saturated heterocycles. The lowest BCUT2D eigenvalue weighted by Gasteiger charge is -2.12. The van der Waals surface area contributed by atoms with Crippen LogP contribution in [0, 0.1) is 10.1 Å². The Morgan fingerprint density at radius 2 is 2.03 bits per heavy atom. The summed E-state index contributed by atoms with van der Waals surface area (Å²) in [7, 11) is 1.18. The number of ether oxygens (including phenoxy) is 3. The van der Waals surface area contributed by atoms with Gasteiger partial charge >= 0.3 is 11.7 Å². The van der Waals surface area contributed by atoms with Crippen LogP contribution in [0.25, 0.3) is 10.9 Å². The van der Waals surface area contributed by atoms with Crippen LogP contribution >= 0.6 is 15.9 Å². The number of hydrogen-bond donors (Lipinski definition) is 0. The molecule has 2 aromatic carbocycles. The van der Waals surface area contributed by atoms with Gasteiger partial charge in [-0.25, -0.2) is 9.78 Å². The molecule has 0 radical (unpaired) electrons. The Labute approximate surface area is 215 Å².